The van der Waals surface area contributed by atoms with Crippen LogP contribution in [0.3, 0.4) is 0 Å². The molecule has 0 atom stereocenters. The predicted octanol–water partition coefficient (Wildman–Crippen LogP) is 2.98. The number of benzene rings is 1. The lowest BCUT2D eigenvalue weighted by atomic mass is 10.0. The first-order chi connectivity index (χ1) is 11.1. The average Bonchev–Trinajstić information content (AvgIpc) is 2.90. The van der Waals surface area contributed by atoms with Gasteiger partial charge in [0.2, 0.25) is 0 Å². The molecule has 0 bridgehead atoms. The highest BCUT2D eigenvalue weighted by atomic mass is 32.1. The van der Waals surface area contributed by atoms with Gasteiger partial charge in [0.05, 0.1) is 12.7 Å². The Morgan fingerprint density at radius 3 is 2.96 bits per heavy atom. The molecule has 0 aliphatic carbocycles. The number of rotatable bonds is 3. The van der Waals surface area contributed by atoms with Crippen molar-refractivity contribution in [3.05, 3.63) is 45.8 Å². The van der Waals surface area contributed by atoms with E-state index >= 15 is 0 Å². The summed E-state index contributed by atoms with van der Waals surface area (Å²) in [7, 11) is 3.45. The molecule has 2 aromatic rings. The van der Waals surface area contributed by atoms with Gasteiger partial charge in [-0.15, -0.1) is 11.3 Å². The molecule has 1 aliphatic heterocycles. The summed E-state index contributed by atoms with van der Waals surface area (Å²) in [6.07, 6.45) is 2.40. The van der Waals surface area contributed by atoms with Crippen molar-refractivity contribution in [2.45, 2.75) is 13.0 Å². The second-order valence-corrected chi connectivity index (χ2v) is 6.56. The normalized spacial score (nSPS) is 14.9. The van der Waals surface area contributed by atoms with E-state index in [4.69, 9.17) is 4.74 Å². The number of likely N-dealkylation sites (N-methyl/N-ethyl adjacent to an activating group) is 1. The SMILES string of the molecule is COC(=O)c1c(N=Cc2ccccc2O)sc2c1CCN(C)C2. The highest BCUT2D eigenvalue weighted by molar-refractivity contribution is 7.16. The summed E-state index contributed by atoms with van der Waals surface area (Å²) in [6, 6.07) is 6.97. The third-order valence-electron chi connectivity index (χ3n) is 3.88. The number of fused-ring (bicyclic) bond motifs is 1. The molecule has 0 amide bonds. The van der Waals surface area contributed by atoms with Crippen LogP contribution in [0.5, 0.6) is 5.75 Å². The van der Waals surface area contributed by atoms with Gasteiger partial charge in [0.1, 0.15) is 10.8 Å². The van der Waals surface area contributed by atoms with Crippen molar-refractivity contribution >= 4 is 28.5 Å². The molecule has 0 spiro atoms. The van der Waals surface area contributed by atoms with Crippen molar-refractivity contribution in [2.75, 3.05) is 20.7 Å². The maximum Gasteiger partial charge on any atom is 0.341 e. The van der Waals surface area contributed by atoms with Crippen LogP contribution in [0.15, 0.2) is 29.3 Å². The molecule has 2 heterocycles. The molecule has 0 unspecified atom stereocenters. The number of nitrogens with zero attached hydrogens (tertiary/aromatic N) is 2. The Hall–Kier alpha value is -2.18. The number of methoxy groups -OCH3 is 1. The Labute approximate surface area is 138 Å². The van der Waals surface area contributed by atoms with Gasteiger partial charge in [0.15, 0.2) is 0 Å². The van der Waals surface area contributed by atoms with Crippen LogP contribution in [0.4, 0.5) is 5.00 Å². The molecular weight excluding hydrogens is 312 g/mol. The van der Waals surface area contributed by atoms with E-state index in [1.165, 1.54) is 18.4 Å². The molecule has 0 saturated heterocycles. The van der Waals surface area contributed by atoms with Crippen molar-refractivity contribution < 1.29 is 14.6 Å². The van der Waals surface area contributed by atoms with E-state index in [2.05, 4.69) is 16.9 Å². The highest BCUT2D eigenvalue weighted by Crippen LogP contribution is 2.39. The standard InChI is InChI=1S/C17H18N2O3S/c1-19-8-7-12-14(10-19)23-16(15(12)17(21)22-2)18-9-11-5-3-4-6-13(11)20/h3-6,9,20H,7-8,10H2,1-2H3. The van der Waals surface area contributed by atoms with Gasteiger partial charge in [0.25, 0.3) is 0 Å². The molecule has 120 valence electrons. The first-order valence-electron chi connectivity index (χ1n) is 7.33. The summed E-state index contributed by atoms with van der Waals surface area (Å²) in [6.45, 7) is 1.73. The Balaban J connectivity index is 2.01. The lowest BCUT2D eigenvalue weighted by Crippen LogP contribution is -2.26. The van der Waals surface area contributed by atoms with Crippen LogP contribution in [0.2, 0.25) is 0 Å². The summed E-state index contributed by atoms with van der Waals surface area (Å²) in [5, 5.41) is 10.5. The molecule has 1 N–H and O–H groups in total. The van der Waals surface area contributed by atoms with Crippen LogP contribution >= 0.6 is 11.3 Å². The van der Waals surface area contributed by atoms with Crippen molar-refractivity contribution in [2.24, 2.45) is 4.99 Å². The van der Waals surface area contributed by atoms with Crippen molar-refractivity contribution in [3.8, 4) is 5.75 Å². The number of phenols is 1. The van der Waals surface area contributed by atoms with Crippen molar-refractivity contribution in [3.63, 3.8) is 0 Å². The smallest absolute Gasteiger partial charge is 0.341 e. The lowest BCUT2D eigenvalue weighted by Gasteiger charge is -2.22. The summed E-state index contributed by atoms with van der Waals surface area (Å²) < 4.78 is 4.93. The number of phenolic OH excluding ortho intramolecular Hbond substituents is 1. The minimum absolute atomic E-state index is 0.164. The van der Waals surface area contributed by atoms with E-state index in [0.717, 1.165) is 30.0 Å². The number of hydrogen-bond donors (Lipinski definition) is 1. The minimum atomic E-state index is -0.350. The average molecular weight is 330 g/mol. The van der Waals surface area contributed by atoms with E-state index in [0.29, 0.717) is 16.1 Å². The van der Waals surface area contributed by atoms with Crippen LogP contribution in [0.25, 0.3) is 0 Å². The molecule has 5 nitrogen and oxygen atoms in total. The first kappa shape index (κ1) is 15.7. The molecule has 1 aromatic carbocycles. The fourth-order valence-electron chi connectivity index (χ4n) is 2.65. The second kappa shape index (κ2) is 6.52. The van der Waals surface area contributed by atoms with E-state index < -0.39 is 0 Å². The number of carbonyl (C=O) groups is 1. The molecule has 0 radical (unpaired) electrons. The Morgan fingerprint density at radius 2 is 2.22 bits per heavy atom. The fraction of sp³-hybridized carbons (Fsp3) is 0.294. The van der Waals surface area contributed by atoms with Crippen LogP contribution in [0.1, 0.15) is 26.4 Å². The molecular formula is C17H18N2O3S. The number of ether oxygens (including phenoxy) is 1. The fourth-order valence-corrected chi connectivity index (χ4v) is 3.90. The van der Waals surface area contributed by atoms with Gasteiger partial charge in [0, 0.05) is 29.7 Å². The topological polar surface area (TPSA) is 62.1 Å². The molecule has 23 heavy (non-hydrogen) atoms. The monoisotopic (exact) mass is 330 g/mol. The van der Waals surface area contributed by atoms with Gasteiger partial charge >= 0.3 is 5.97 Å². The zero-order valence-electron chi connectivity index (χ0n) is 13.1. The number of hydrogen-bond acceptors (Lipinski definition) is 6. The summed E-state index contributed by atoms with van der Waals surface area (Å²) in [5.41, 5.74) is 2.23. The van der Waals surface area contributed by atoms with Gasteiger partial charge in [-0.05, 0) is 31.2 Å². The van der Waals surface area contributed by atoms with Crippen LogP contribution in [-0.2, 0) is 17.7 Å². The molecule has 0 fully saturated rings. The molecule has 3 rings (SSSR count). The first-order valence-corrected chi connectivity index (χ1v) is 8.15. The van der Waals surface area contributed by atoms with E-state index in [-0.39, 0.29) is 11.7 Å². The predicted molar refractivity (Wildman–Crippen MR) is 91.1 cm³/mol. The Bertz CT molecular complexity index is 767. The summed E-state index contributed by atoms with van der Waals surface area (Å²) >= 11 is 1.51. The number of esters is 1. The summed E-state index contributed by atoms with van der Waals surface area (Å²) in [4.78, 5) is 20.0. The largest absolute Gasteiger partial charge is 0.507 e. The van der Waals surface area contributed by atoms with Crippen molar-refractivity contribution in [1.29, 1.82) is 0 Å². The van der Waals surface area contributed by atoms with Gasteiger partial charge in [-0.3, -0.25) is 0 Å². The molecule has 0 saturated carbocycles. The van der Waals surface area contributed by atoms with Crippen LogP contribution < -0.4 is 0 Å². The number of aromatic hydroxyl groups is 1. The van der Waals surface area contributed by atoms with Gasteiger partial charge in [-0.25, -0.2) is 9.79 Å². The van der Waals surface area contributed by atoms with Crippen LogP contribution in [-0.4, -0.2) is 42.9 Å². The molecule has 1 aromatic heterocycles. The van der Waals surface area contributed by atoms with Gasteiger partial charge in [-0.1, -0.05) is 12.1 Å². The van der Waals surface area contributed by atoms with E-state index in [1.807, 2.05) is 6.07 Å². The number of thiophene rings is 1. The maximum atomic E-state index is 12.2. The third-order valence-corrected chi connectivity index (χ3v) is 5.00. The van der Waals surface area contributed by atoms with E-state index in [1.54, 1.807) is 24.4 Å². The van der Waals surface area contributed by atoms with E-state index in [9.17, 15) is 9.90 Å². The van der Waals surface area contributed by atoms with Crippen LogP contribution in [0, 0.1) is 0 Å². The number of aliphatic imine (C=N–C) groups is 1. The van der Waals surface area contributed by atoms with Gasteiger partial charge in [-0.2, -0.15) is 0 Å². The Morgan fingerprint density at radius 1 is 1.43 bits per heavy atom. The minimum Gasteiger partial charge on any atom is -0.507 e. The maximum absolute atomic E-state index is 12.2. The lowest BCUT2D eigenvalue weighted by molar-refractivity contribution is 0.0600. The van der Waals surface area contributed by atoms with Crippen molar-refractivity contribution in [1.82, 2.24) is 4.90 Å². The zero-order chi connectivity index (χ0) is 16.4. The molecule has 6 heteroatoms. The second-order valence-electron chi connectivity index (χ2n) is 5.48. The zero-order valence-corrected chi connectivity index (χ0v) is 13.9. The molecule has 1 aliphatic rings. The number of para-hydroxylation sites is 1. The number of carbonyl (C=O) groups excluding carboxylic acids is 1. The highest BCUT2D eigenvalue weighted by Gasteiger charge is 2.27. The quantitative estimate of drug-likeness (QED) is 0.694. The third kappa shape index (κ3) is 3.13. The summed E-state index contributed by atoms with van der Waals surface area (Å²) in [5.74, 6) is -0.187. The Kier molecular flexibility index (Phi) is 4.45. The van der Waals surface area contributed by atoms with Gasteiger partial charge < -0.3 is 14.7 Å².